The van der Waals surface area contributed by atoms with Crippen molar-refractivity contribution in [3.8, 4) is 5.75 Å². The van der Waals surface area contributed by atoms with Gasteiger partial charge in [0.2, 0.25) is 0 Å². The highest BCUT2D eigenvalue weighted by Gasteiger charge is 2.55. The van der Waals surface area contributed by atoms with Crippen LogP contribution in [-0.4, -0.2) is 64.7 Å². The molecule has 2 heterocycles. The Kier molecular flexibility index (Phi) is 7.64. The van der Waals surface area contributed by atoms with Gasteiger partial charge in [-0.25, -0.2) is 13.6 Å². The SMILES string of the molecule is O=C(O)C1CC2(CC2)CN1C(=O)c1cc(C2CC2)c(OCC2(F)CCN(Cc3ccc(C(F)(F)F)cc3Cl)CC2)cc1F. The fourth-order valence-corrected chi connectivity index (χ4v) is 6.55. The molecule has 6 nitrogen and oxygen atoms in total. The third kappa shape index (κ3) is 6.34. The van der Waals surface area contributed by atoms with Gasteiger partial charge in [0.25, 0.3) is 5.91 Å². The molecule has 6 rings (SSSR count). The third-order valence-electron chi connectivity index (χ3n) is 9.37. The smallest absolute Gasteiger partial charge is 0.416 e. The Morgan fingerprint density at radius 1 is 1.07 bits per heavy atom. The van der Waals surface area contributed by atoms with E-state index in [1.165, 1.54) is 17.0 Å². The van der Waals surface area contributed by atoms with E-state index in [1.54, 1.807) is 0 Å². The molecule has 0 bridgehead atoms. The molecule has 2 aromatic rings. The Morgan fingerprint density at radius 3 is 2.35 bits per heavy atom. The second-order valence-corrected chi connectivity index (χ2v) is 13.1. The molecule has 0 aromatic heterocycles. The summed E-state index contributed by atoms with van der Waals surface area (Å²) in [6.45, 7) is 0.921. The lowest BCUT2D eigenvalue weighted by atomic mass is 9.93. The summed E-state index contributed by atoms with van der Waals surface area (Å²) in [4.78, 5) is 28.4. The number of benzene rings is 2. The van der Waals surface area contributed by atoms with Crippen LogP contribution in [0.3, 0.4) is 0 Å². The number of rotatable bonds is 8. The lowest BCUT2D eigenvalue weighted by Gasteiger charge is -2.36. The predicted molar refractivity (Wildman–Crippen MR) is 147 cm³/mol. The van der Waals surface area contributed by atoms with E-state index in [-0.39, 0.29) is 53.7 Å². The first kappa shape index (κ1) is 30.1. The molecule has 1 atom stereocenters. The van der Waals surface area contributed by atoms with Gasteiger partial charge in [-0.05, 0) is 85.6 Å². The first-order valence-corrected chi connectivity index (χ1v) is 14.9. The predicted octanol–water partition coefficient (Wildman–Crippen LogP) is 6.84. The maximum Gasteiger partial charge on any atom is 0.416 e. The van der Waals surface area contributed by atoms with Crippen LogP contribution < -0.4 is 4.74 Å². The Bertz CT molecular complexity index is 1430. The number of hydrogen-bond acceptors (Lipinski definition) is 4. The van der Waals surface area contributed by atoms with Crippen molar-refractivity contribution in [1.29, 1.82) is 0 Å². The Balaban J connectivity index is 1.10. The summed E-state index contributed by atoms with van der Waals surface area (Å²) >= 11 is 6.09. The van der Waals surface area contributed by atoms with Crippen LogP contribution >= 0.6 is 11.6 Å². The van der Waals surface area contributed by atoms with Crippen LogP contribution in [0.2, 0.25) is 5.02 Å². The number of piperidine rings is 1. The first-order chi connectivity index (χ1) is 20.3. The summed E-state index contributed by atoms with van der Waals surface area (Å²) in [5, 5.41) is 9.68. The van der Waals surface area contributed by atoms with Gasteiger partial charge in [0.05, 0.1) is 11.1 Å². The van der Waals surface area contributed by atoms with E-state index in [4.69, 9.17) is 16.3 Å². The van der Waals surface area contributed by atoms with E-state index in [1.807, 2.05) is 4.90 Å². The van der Waals surface area contributed by atoms with Crippen LogP contribution in [0.1, 0.15) is 77.9 Å². The lowest BCUT2D eigenvalue weighted by molar-refractivity contribution is -0.141. The summed E-state index contributed by atoms with van der Waals surface area (Å²) in [6.07, 6.45) is -0.545. The van der Waals surface area contributed by atoms with Crippen molar-refractivity contribution in [2.45, 2.75) is 75.3 Å². The van der Waals surface area contributed by atoms with Crippen LogP contribution in [0.15, 0.2) is 30.3 Å². The molecule has 2 saturated heterocycles. The number of carboxylic acid groups (broad SMARTS) is 1. The highest BCUT2D eigenvalue weighted by Crippen LogP contribution is 2.55. The maximum absolute atomic E-state index is 15.8. The normalized spacial score (nSPS) is 23.0. The summed E-state index contributed by atoms with van der Waals surface area (Å²) in [7, 11) is 0. The topological polar surface area (TPSA) is 70.1 Å². The molecule has 0 radical (unpaired) electrons. The number of nitrogens with zero attached hydrogens (tertiary/aromatic N) is 2. The van der Waals surface area contributed by atoms with Crippen molar-refractivity contribution in [3.05, 3.63) is 63.4 Å². The Morgan fingerprint density at radius 2 is 1.77 bits per heavy atom. The molecule has 1 N–H and O–H groups in total. The molecule has 1 amide bonds. The monoisotopic (exact) mass is 626 g/mol. The van der Waals surface area contributed by atoms with Crippen LogP contribution in [0.4, 0.5) is 22.0 Å². The molecule has 4 fully saturated rings. The number of likely N-dealkylation sites (tertiary alicyclic amines) is 2. The summed E-state index contributed by atoms with van der Waals surface area (Å²) in [5.74, 6) is -2.34. The number of carboxylic acids is 1. The molecule has 2 saturated carbocycles. The van der Waals surface area contributed by atoms with Crippen LogP contribution in [0.5, 0.6) is 5.75 Å². The Labute approximate surface area is 250 Å². The number of halogens is 6. The molecule has 12 heteroatoms. The van der Waals surface area contributed by atoms with E-state index < -0.39 is 41.1 Å². The Hall–Kier alpha value is -2.92. The molecule has 232 valence electrons. The van der Waals surface area contributed by atoms with Crippen molar-refractivity contribution in [1.82, 2.24) is 9.80 Å². The molecule has 1 spiro atoms. The molecular weight excluding hydrogens is 595 g/mol. The van der Waals surface area contributed by atoms with Gasteiger partial charge < -0.3 is 14.7 Å². The minimum absolute atomic E-state index is 0.00191. The largest absolute Gasteiger partial charge is 0.490 e. The number of carbonyl (C=O) groups is 2. The molecule has 1 unspecified atom stereocenters. The van der Waals surface area contributed by atoms with Crippen molar-refractivity contribution < 1.29 is 41.4 Å². The summed E-state index contributed by atoms with van der Waals surface area (Å²) in [5.41, 5.74) is -1.75. The molecule has 43 heavy (non-hydrogen) atoms. The minimum Gasteiger partial charge on any atom is -0.490 e. The van der Waals surface area contributed by atoms with E-state index in [9.17, 15) is 27.9 Å². The van der Waals surface area contributed by atoms with Gasteiger partial charge in [0.15, 0.2) is 0 Å². The summed E-state index contributed by atoms with van der Waals surface area (Å²) < 4.78 is 75.8. The van der Waals surface area contributed by atoms with E-state index in [0.29, 0.717) is 37.2 Å². The van der Waals surface area contributed by atoms with Gasteiger partial charge in [-0.2, -0.15) is 13.2 Å². The number of ether oxygens (including phenoxy) is 1. The average Bonchev–Trinajstić information content (AvgIpc) is 3.87. The zero-order chi connectivity index (χ0) is 30.7. The van der Waals surface area contributed by atoms with Gasteiger partial charge >= 0.3 is 12.1 Å². The van der Waals surface area contributed by atoms with Gasteiger partial charge in [0.1, 0.15) is 29.9 Å². The van der Waals surface area contributed by atoms with E-state index in [2.05, 4.69) is 0 Å². The number of alkyl halides is 4. The fourth-order valence-electron chi connectivity index (χ4n) is 6.31. The first-order valence-electron chi connectivity index (χ1n) is 14.5. The van der Waals surface area contributed by atoms with Crippen LogP contribution in [0.25, 0.3) is 0 Å². The molecule has 2 aliphatic carbocycles. The lowest BCUT2D eigenvalue weighted by Crippen LogP contribution is -2.44. The zero-order valence-corrected chi connectivity index (χ0v) is 24.1. The van der Waals surface area contributed by atoms with E-state index >= 15 is 8.78 Å². The number of carbonyl (C=O) groups excluding carboxylic acids is 1. The molecule has 2 aromatic carbocycles. The second-order valence-electron chi connectivity index (χ2n) is 12.7. The van der Waals surface area contributed by atoms with Crippen molar-refractivity contribution in [3.63, 3.8) is 0 Å². The van der Waals surface area contributed by atoms with Crippen molar-refractivity contribution in [2.24, 2.45) is 5.41 Å². The molecule has 4 aliphatic rings. The highest BCUT2D eigenvalue weighted by atomic mass is 35.5. The van der Waals surface area contributed by atoms with Gasteiger partial charge in [-0.1, -0.05) is 17.7 Å². The van der Waals surface area contributed by atoms with Gasteiger partial charge in [-0.15, -0.1) is 0 Å². The zero-order valence-electron chi connectivity index (χ0n) is 23.4. The standard InChI is InChI=1S/C31H32ClF5N2O4/c32-23-11-20(31(35,36)37)4-3-19(23)15-38-9-7-30(34,8-10-38)17-43-26-13-24(33)22(12-21(26)18-1-2-18)27(40)39-16-29(5-6-29)14-25(39)28(41)42/h3-4,11-13,18,25H,1-2,5-10,14-17H2,(H,41,42). The van der Waals surface area contributed by atoms with Crippen LogP contribution in [-0.2, 0) is 17.5 Å². The minimum atomic E-state index is -4.49. The number of aliphatic carboxylic acids is 1. The average molecular weight is 627 g/mol. The van der Waals surface area contributed by atoms with Gasteiger partial charge in [0, 0.05) is 37.3 Å². The van der Waals surface area contributed by atoms with Crippen molar-refractivity contribution >= 4 is 23.5 Å². The number of amides is 1. The summed E-state index contributed by atoms with van der Waals surface area (Å²) in [6, 6.07) is 4.79. The highest BCUT2D eigenvalue weighted by molar-refractivity contribution is 6.31. The second kappa shape index (κ2) is 10.9. The maximum atomic E-state index is 15.8. The van der Waals surface area contributed by atoms with Crippen molar-refractivity contribution in [2.75, 3.05) is 26.2 Å². The third-order valence-corrected chi connectivity index (χ3v) is 9.72. The quantitative estimate of drug-likeness (QED) is 0.325. The van der Waals surface area contributed by atoms with Crippen LogP contribution in [0, 0.1) is 11.2 Å². The number of hydrogen-bond donors (Lipinski definition) is 1. The molecular formula is C31H32ClF5N2O4. The molecule has 2 aliphatic heterocycles. The van der Waals surface area contributed by atoms with Gasteiger partial charge in [-0.3, -0.25) is 9.69 Å². The fraction of sp³-hybridized carbons (Fsp3) is 0.548. The van der Waals surface area contributed by atoms with E-state index in [0.717, 1.165) is 43.9 Å².